The van der Waals surface area contributed by atoms with Crippen molar-refractivity contribution in [2.75, 3.05) is 5.75 Å². The molecule has 0 fully saturated rings. The second kappa shape index (κ2) is 9.31. The Hall–Kier alpha value is -1.74. The summed E-state index contributed by atoms with van der Waals surface area (Å²) in [4.78, 5) is 13.2. The molecular formula is C19H22O2S. The molecular weight excluding hydrogens is 292 g/mol. The number of benzene rings is 2. The zero-order valence-corrected chi connectivity index (χ0v) is 13.5. The first-order valence-corrected chi connectivity index (χ1v) is 8.70. The van der Waals surface area contributed by atoms with Gasteiger partial charge in [0.15, 0.2) is 0 Å². The lowest BCUT2D eigenvalue weighted by atomic mass is 10.0. The van der Waals surface area contributed by atoms with Crippen LogP contribution in [-0.4, -0.2) is 16.6 Å². The van der Waals surface area contributed by atoms with Gasteiger partial charge in [-0.3, -0.25) is 4.79 Å². The van der Waals surface area contributed by atoms with Gasteiger partial charge in [0.1, 0.15) is 11.5 Å². The Morgan fingerprint density at radius 2 is 1.64 bits per heavy atom. The number of carbonyl (C=O) groups is 1. The Kier molecular flexibility index (Phi) is 7.04. The number of phenolic OH excluding ortho intramolecular Hbond substituents is 1. The molecule has 2 aromatic carbocycles. The summed E-state index contributed by atoms with van der Waals surface area (Å²) in [7, 11) is 0. The maximum Gasteiger partial charge on any atom is 0.137 e. The molecule has 2 nitrogen and oxygen atoms in total. The average Bonchev–Trinajstić information content (AvgIpc) is 2.54. The van der Waals surface area contributed by atoms with Crippen molar-refractivity contribution < 1.29 is 9.90 Å². The van der Waals surface area contributed by atoms with Gasteiger partial charge in [0.05, 0.1) is 0 Å². The third kappa shape index (κ3) is 5.94. The van der Waals surface area contributed by atoms with Gasteiger partial charge in [-0.2, -0.15) is 0 Å². The predicted molar refractivity (Wildman–Crippen MR) is 92.5 cm³/mol. The van der Waals surface area contributed by atoms with Gasteiger partial charge in [0.2, 0.25) is 0 Å². The van der Waals surface area contributed by atoms with Crippen LogP contribution in [0.3, 0.4) is 0 Å². The molecule has 3 heteroatoms. The van der Waals surface area contributed by atoms with E-state index in [0.717, 1.165) is 30.6 Å². The minimum absolute atomic E-state index is 0.206. The highest BCUT2D eigenvalue weighted by Gasteiger charge is 2.06. The number of aromatic hydroxyl groups is 1. The number of unbranched alkanes of at least 4 members (excludes halogenated alkanes) is 2. The topological polar surface area (TPSA) is 37.3 Å². The molecule has 22 heavy (non-hydrogen) atoms. The molecule has 0 heterocycles. The molecule has 0 unspecified atom stereocenters. The van der Waals surface area contributed by atoms with E-state index in [1.165, 1.54) is 4.90 Å². The molecule has 1 N–H and O–H groups in total. The van der Waals surface area contributed by atoms with Crippen molar-refractivity contribution in [3.05, 3.63) is 60.2 Å². The maximum absolute atomic E-state index is 11.9. The molecule has 0 bridgehead atoms. The molecule has 0 radical (unpaired) electrons. The van der Waals surface area contributed by atoms with Gasteiger partial charge in [0.25, 0.3) is 0 Å². The fourth-order valence-corrected chi connectivity index (χ4v) is 3.20. The van der Waals surface area contributed by atoms with Crippen molar-refractivity contribution in [1.82, 2.24) is 0 Å². The third-order valence-corrected chi connectivity index (χ3v) is 4.59. The van der Waals surface area contributed by atoms with E-state index in [2.05, 4.69) is 24.3 Å². The molecule has 2 aromatic rings. The van der Waals surface area contributed by atoms with Crippen LogP contribution in [0.15, 0.2) is 59.5 Å². The SMILES string of the molecule is O=C(CCCCCSc1ccccc1)Cc1ccccc1O. The van der Waals surface area contributed by atoms with Gasteiger partial charge in [-0.15, -0.1) is 11.8 Å². The molecule has 0 aliphatic heterocycles. The van der Waals surface area contributed by atoms with Crippen molar-refractivity contribution in [2.45, 2.75) is 37.0 Å². The number of Topliss-reactive ketones (excluding diaryl/α,β-unsaturated/α-hetero) is 1. The first-order valence-electron chi connectivity index (χ1n) is 7.72. The van der Waals surface area contributed by atoms with Crippen LogP contribution in [0.2, 0.25) is 0 Å². The summed E-state index contributed by atoms with van der Waals surface area (Å²) < 4.78 is 0. The number of phenols is 1. The number of hydrogen-bond donors (Lipinski definition) is 1. The van der Waals surface area contributed by atoms with E-state index in [1.807, 2.05) is 30.0 Å². The fourth-order valence-electron chi connectivity index (χ4n) is 2.27. The van der Waals surface area contributed by atoms with Crippen LogP contribution >= 0.6 is 11.8 Å². The molecule has 0 aliphatic carbocycles. The van der Waals surface area contributed by atoms with E-state index in [4.69, 9.17) is 0 Å². The maximum atomic E-state index is 11.9. The predicted octanol–water partition coefficient (Wildman–Crippen LogP) is 4.86. The van der Waals surface area contributed by atoms with Crippen LogP contribution in [-0.2, 0) is 11.2 Å². The van der Waals surface area contributed by atoms with E-state index in [1.54, 1.807) is 12.1 Å². The molecule has 116 valence electrons. The zero-order valence-electron chi connectivity index (χ0n) is 12.7. The Morgan fingerprint density at radius 1 is 0.909 bits per heavy atom. The smallest absolute Gasteiger partial charge is 0.137 e. The van der Waals surface area contributed by atoms with E-state index in [-0.39, 0.29) is 11.5 Å². The van der Waals surface area contributed by atoms with E-state index >= 15 is 0 Å². The largest absolute Gasteiger partial charge is 0.508 e. The molecule has 0 atom stereocenters. The van der Waals surface area contributed by atoms with Crippen LogP contribution in [0.25, 0.3) is 0 Å². The highest BCUT2D eigenvalue weighted by Crippen LogP contribution is 2.20. The summed E-state index contributed by atoms with van der Waals surface area (Å²) in [6.45, 7) is 0. The Bertz CT molecular complexity index is 581. The monoisotopic (exact) mass is 314 g/mol. The van der Waals surface area contributed by atoms with E-state index < -0.39 is 0 Å². The number of ketones is 1. The lowest BCUT2D eigenvalue weighted by Crippen LogP contribution is -2.02. The lowest BCUT2D eigenvalue weighted by molar-refractivity contribution is -0.118. The number of para-hydroxylation sites is 1. The van der Waals surface area contributed by atoms with Gasteiger partial charge in [-0.1, -0.05) is 42.8 Å². The first-order chi connectivity index (χ1) is 10.8. The summed E-state index contributed by atoms with van der Waals surface area (Å²) in [6.07, 6.45) is 4.08. The minimum atomic E-state index is 0.206. The van der Waals surface area contributed by atoms with Crippen LogP contribution in [0.5, 0.6) is 5.75 Å². The van der Waals surface area contributed by atoms with Crippen molar-refractivity contribution in [2.24, 2.45) is 0 Å². The van der Waals surface area contributed by atoms with Gasteiger partial charge in [-0.25, -0.2) is 0 Å². The van der Waals surface area contributed by atoms with Crippen molar-refractivity contribution in [3.8, 4) is 5.75 Å². The Balaban J connectivity index is 1.57. The summed E-state index contributed by atoms with van der Waals surface area (Å²) >= 11 is 1.87. The molecule has 0 amide bonds. The number of hydrogen-bond acceptors (Lipinski definition) is 3. The fraction of sp³-hybridized carbons (Fsp3) is 0.316. The Labute approximate surface area is 136 Å². The summed E-state index contributed by atoms with van der Waals surface area (Å²) in [5, 5.41) is 9.65. The van der Waals surface area contributed by atoms with Gasteiger partial charge < -0.3 is 5.11 Å². The van der Waals surface area contributed by atoms with Crippen molar-refractivity contribution >= 4 is 17.5 Å². The average molecular weight is 314 g/mol. The molecule has 0 saturated carbocycles. The second-order valence-electron chi connectivity index (χ2n) is 5.32. The molecule has 2 rings (SSSR count). The van der Waals surface area contributed by atoms with Gasteiger partial charge in [-0.05, 0) is 36.8 Å². The molecule has 0 saturated heterocycles. The van der Waals surface area contributed by atoms with Crippen LogP contribution in [0, 0.1) is 0 Å². The number of rotatable bonds is 9. The Morgan fingerprint density at radius 3 is 2.41 bits per heavy atom. The minimum Gasteiger partial charge on any atom is -0.508 e. The van der Waals surface area contributed by atoms with Crippen LogP contribution in [0.4, 0.5) is 0 Å². The quantitative estimate of drug-likeness (QED) is 0.530. The number of thioether (sulfide) groups is 1. The lowest BCUT2D eigenvalue weighted by Gasteiger charge is -2.04. The highest BCUT2D eigenvalue weighted by atomic mass is 32.2. The summed E-state index contributed by atoms with van der Waals surface area (Å²) in [6, 6.07) is 17.4. The molecule has 0 spiro atoms. The highest BCUT2D eigenvalue weighted by molar-refractivity contribution is 7.99. The van der Waals surface area contributed by atoms with Gasteiger partial charge >= 0.3 is 0 Å². The first kappa shape index (κ1) is 16.6. The zero-order chi connectivity index (χ0) is 15.6. The van der Waals surface area contributed by atoms with Crippen molar-refractivity contribution in [3.63, 3.8) is 0 Å². The van der Waals surface area contributed by atoms with Crippen LogP contribution < -0.4 is 0 Å². The third-order valence-electron chi connectivity index (χ3n) is 3.49. The molecule has 0 aromatic heterocycles. The normalized spacial score (nSPS) is 10.5. The van der Waals surface area contributed by atoms with Gasteiger partial charge in [0, 0.05) is 23.3 Å². The second-order valence-corrected chi connectivity index (χ2v) is 6.48. The summed E-state index contributed by atoms with van der Waals surface area (Å²) in [5.41, 5.74) is 0.729. The van der Waals surface area contributed by atoms with Crippen LogP contribution in [0.1, 0.15) is 31.2 Å². The molecule has 0 aliphatic rings. The van der Waals surface area contributed by atoms with E-state index in [9.17, 15) is 9.90 Å². The number of carbonyl (C=O) groups excluding carboxylic acids is 1. The van der Waals surface area contributed by atoms with Crippen molar-refractivity contribution in [1.29, 1.82) is 0 Å². The van der Waals surface area contributed by atoms with E-state index in [0.29, 0.717) is 12.8 Å². The standard InChI is InChI=1S/C19H22O2S/c20-17(15-16-9-6-7-13-19(16)21)10-3-2-8-14-22-18-11-4-1-5-12-18/h1,4-7,9,11-13,21H,2-3,8,10,14-15H2. The summed E-state index contributed by atoms with van der Waals surface area (Å²) in [5.74, 6) is 1.52.